The molecule has 1 aromatic carbocycles. The molecule has 0 radical (unpaired) electrons. The van der Waals surface area contributed by atoms with Crippen molar-refractivity contribution in [2.75, 3.05) is 30.8 Å². The predicted molar refractivity (Wildman–Crippen MR) is 127 cm³/mol. The summed E-state index contributed by atoms with van der Waals surface area (Å²) < 4.78 is 68.9. The van der Waals surface area contributed by atoms with Gasteiger partial charge in [0.15, 0.2) is 5.82 Å². The van der Waals surface area contributed by atoms with Crippen LogP contribution < -0.4 is 4.90 Å². The van der Waals surface area contributed by atoms with Crippen molar-refractivity contribution < 1.29 is 26.1 Å². The van der Waals surface area contributed by atoms with Crippen LogP contribution in [-0.4, -0.2) is 53.7 Å². The van der Waals surface area contributed by atoms with Gasteiger partial charge in [0.25, 0.3) is 5.89 Å². The minimum atomic E-state index is -4.39. The van der Waals surface area contributed by atoms with E-state index < -0.39 is 21.8 Å². The summed E-state index contributed by atoms with van der Waals surface area (Å²) in [5.41, 5.74) is 2.12. The molecule has 0 unspecified atom stereocenters. The lowest BCUT2D eigenvalue weighted by molar-refractivity contribution is -0.137. The van der Waals surface area contributed by atoms with Gasteiger partial charge in [0.05, 0.1) is 11.8 Å². The smallest absolute Gasteiger partial charge is 0.357 e. The number of aromatic nitrogens is 3. The van der Waals surface area contributed by atoms with E-state index in [9.17, 15) is 21.6 Å². The van der Waals surface area contributed by atoms with Crippen molar-refractivity contribution >= 4 is 15.8 Å². The molecule has 8 nitrogen and oxygen atoms in total. The van der Waals surface area contributed by atoms with Crippen LogP contribution in [0.5, 0.6) is 0 Å². The molecule has 2 aromatic heterocycles. The Kier molecular flexibility index (Phi) is 6.50. The van der Waals surface area contributed by atoms with Crippen LogP contribution in [0.4, 0.5) is 19.0 Å². The van der Waals surface area contributed by atoms with Gasteiger partial charge in [-0.25, -0.2) is 13.4 Å². The zero-order chi connectivity index (χ0) is 25.5. The number of hydrogen-bond acceptors (Lipinski definition) is 7. The number of nitrogens with zero attached hydrogens (tertiary/aromatic N) is 5. The standard InChI is InChI=1S/C24H26F3N5O3S/c1-36(33,34)32-11-8-17-13-18(2-3-19(17)15-32)23-29-21(30-35-23)12-16-6-9-31(10-7-16)22-5-4-20(14-28-22)24(25,26)27/h2-5,13-14,16H,6-12,15H2,1H3. The van der Waals surface area contributed by atoms with Gasteiger partial charge in [-0.05, 0) is 60.6 Å². The highest BCUT2D eigenvalue weighted by Gasteiger charge is 2.31. The van der Waals surface area contributed by atoms with E-state index >= 15 is 0 Å². The van der Waals surface area contributed by atoms with Gasteiger partial charge in [-0.15, -0.1) is 0 Å². The summed E-state index contributed by atoms with van der Waals surface area (Å²) in [6.45, 7) is 2.21. The highest BCUT2D eigenvalue weighted by molar-refractivity contribution is 7.88. The highest BCUT2D eigenvalue weighted by Crippen LogP contribution is 2.31. The third-order valence-corrected chi connectivity index (χ3v) is 8.10. The van der Waals surface area contributed by atoms with E-state index in [1.165, 1.54) is 16.6 Å². The lowest BCUT2D eigenvalue weighted by atomic mass is 9.93. The Morgan fingerprint density at radius 1 is 1.08 bits per heavy atom. The van der Waals surface area contributed by atoms with Gasteiger partial charge in [-0.3, -0.25) is 0 Å². The SMILES string of the molecule is CS(=O)(=O)N1CCc2cc(-c3nc(CC4CCN(c5ccc(C(F)(F)F)cn5)CC4)no3)ccc2C1. The quantitative estimate of drug-likeness (QED) is 0.502. The Morgan fingerprint density at radius 3 is 2.53 bits per heavy atom. The first-order chi connectivity index (χ1) is 17.1. The van der Waals surface area contributed by atoms with Crippen molar-refractivity contribution in [1.29, 1.82) is 0 Å². The Labute approximate surface area is 207 Å². The molecule has 1 saturated heterocycles. The summed E-state index contributed by atoms with van der Waals surface area (Å²) in [5.74, 6) is 1.95. The average Bonchev–Trinajstić information content (AvgIpc) is 3.31. The van der Waals surface area contributed by atoms with Crippen molar-refractivity contribution in [2.24, 2.45) is 5.92 Å². The van der Waals surface area contributed by atoms with E-state index in [2.05, 4.69) is 15.1 Å². The maximum absolute atomic E-state index is 12.8. The number of piperidine rings is 1. The summed E-state index contributed by atoms with van der Waals surface area (Å²) >= 11 is 0. The number of alkyl halides is 3. The molecule has 4 heterocycles. The van der Waals surface area contributed by atoms with Gasteiger partial charge in [-0.2, -0.15) is 22.5 Å². The summed E-state index contributed by atoms with van der Waals surface area (Å²) in [4.78, 5) is 10.6. The van der Waals surface area contributed by atoms with E-state index in [-0.39, 0.29) is 0 Å². The molecule has 3 aromatic rings. The maximum Gasteiger partial charge on any atom is 0.417 e. The van der Waals surface area contributed by atoms with E-state index in [4.69, 9.17) is 4.52 Å². The third kappa shape index (κ3) is 5.39. The second kappa shape index (κ2) is 9.47. The first kappa shape index (κ1) is 24.7. The van der Waals surface area contributed by atoms with E-state index in [1.54, 1.807) is 0 Å². The topological polar surface area (TPSA) is 92.4 Å². The molecule has 2 aliphatic heterocycles. The predicted octanol–water partition coefficient (Wildman–Crippen LogP) is 3.93. The van der Waals surface area contributed by atoms with Crippen LogP contribution in [0.3, 0.4) is 0 Å². The number of benzene rings is 1. The monoisotopic (exact) mass is 521 g/mol. The molecule has 36 heavy (non-hydrogen) atoms. The highest BCUT2D eigenvalue weighted by atomic mass is 32.2. The van der Waals surface area contributed by atoms with Crippen LogP contribution in [0.1, 0.15) is 35.4 Å². The van der Waals surface area contributed by atoms with Crippen LogP contribution in [0.2, 0.25) is 0 Å². The summed E-state index contributed by atoms with van der Waals surface area (Å²) in [6, 6.07) is 8.26. The second-order valence-corrected chi connectivity index (χ2v) is 11.4. The van der Waals surface area contributed by atoms with Crippen LogP contribution in [0, 0.1) is 5.92 Å². The summed E-state index contributed by atoms with van der Waals surface area (Å²) in [5, 5.41) is 4.15. The van der Waals surface area contributed by atoms with Gasteiger partial charge in [0, 0.05) is 44.4 Å². The Morgan fingerprint density at radius 2 is 1.86 bits per heavy atom. The van der Waals surface area contributed by atoms with Gasteiger partial charge in [-0.1, -0.05) is 11.2 Å². The molecule has 5 rings (SSSR count). The minimum Gasteiger partial charge on any atom is -0.357 e. The Bertz CT molecular complexity index is 1330. The fraction of sp³-hybridized carbons (Fsp3) is 0.458. The van der Waals surface area contributed by atoms with E-state index in [1.807, 2.05) is 23.1 Å². The van der Waals surface area contributed by atoms with E-state index in [0.29, 0.717) is 62.5 Å². The second-order valence-electron chi connectivity index (χ2n) is 9.38. The number of hydrogen-bond donors (Lipinski definition) is 0. The fourth-order valence-corrected chi connectivity index (χ4v) is 5.56. The van der Waals surface area contributed by atoms with Crippen LogP contribution in [0.15, 0.2) is 41.1 Å². The molecule has 12 heteroatoms. The van der Waals surface area contributed by atoms with Crippen LogP contribution >= 0.6 is 0 Å². The number of halogens is 3. The number of rotatable bonds is 5. The van der Waals surface area contributed by atoms with Gasteiger partial charge < -0.3 is 9.42 Å². The number of pyridine rings is 1. The average molecular weight is 522 g/mol. The Balaban J connectivity index is 1.18. The lowest BCUT2D eigenvalue weighted by Crippen LogP contribution is -2.35. The molecule has 0 atom stereocenters. The summed E-state index contributed by atoms with van der Waals surface area (Å²) in [7, 11) is -3.22. The lowest BCUT2D eigenvalue weighted by Gasteiger charge is -2.32. The molecule has 192 valence electrons. The van der Waals surface area contributed by atoms with Crippen molar-refractivity contribution in [3.05, 3.63) is 59.0 Å². The van der Waals surface area contributed by atoms with Crippen LogP contribution in [0.25, 0.3) is 11.5 Å². The molecular formula is C24H26F3N5O3S. The largest absolute Gasteiger partial charge is 0.417 e. The van der Waals surface area contributed by atoms with Crippen molar-refractivity contribution in [3.8, 4) is 11.5 Å². The summed E-state index contributed by atoms with van der Waals surface area (Å²) in [6.07, 6.45) is 0.702. The molecule has 0 amide bonds. The van der Waals surface area contributed by atoms with E-state index in [0.717, 1.165) is 41.8 Å². The number of fused-ring (bicyclic) bond motifs is 1. The molecule has 0 aliphatic carbocycles. The maximum atomic E-state index is 12.8. The molecule has 0 N–H and O–H groups in total. The Hall–Kier alpha value is -2.99. The zero-order valence-corrected chi connectivity index (χ0v) is 20.5. The molecule has 2 aliphatic rings. The number of sulfonamides is 1. The van der Waals surface area contributed by atoms with Crippen LogP contribution in [-0.2, 0) is 35.6 Å². The fourth-order valence-electron chi connectivity index (χ4n) is 4.76. The van der Waals surface area contributed by atoms with Crippen molar-refractivity contribution in [2.45, 2.75) is 38.4 Å². The normalized spacial score (nSPS) is 17.8. The molecule has 0 bridgehead atoms. The third-order valence-electron chi connectivity index (χ3n) is 6.85. The van der Waals surface area contributed by atoms with Gasteiger partial charge >= 0.3 is 6.18 Å². The number of anilines is 1. The molecule has 0 saturated carbocycles. The minimum absolute atomic E-state index is 0.339. The molecule has 0 spiro atoms. The zero-order valence-electron chi connectivity index (χ0n) is 19.7. The molecular weight excluding hydrogens is 495 g/mol. The van der Waals surface area contributed by atoms with Crippen molar-refractivity contribution in [1.82, 2.24) is 19.4 Å². The van der Waals surface area contributed by atoms with Gasteiger partial charge in [0.2, 0.25) is 10.0 Å². The molecule has 1 fully saturated rings. The van der Waals surface area contributed by atoms with Crippen molar-refractivity contribution in [3.63, 3.8) is 0 Å². The van der Waals surface area contributed by atoms with Gasteiger partial charge in [0.1, 0.15) is 5.82 Å². The first-order valence-corrected chi connectivity index (χ1v) is 13.6. The first-order valence-electron chi connectivity index (χ1n) is 11.7.